The molecule has 0 atom stereocenters. The molecule has 2 heterocycles. The van der Waals surface area contributed by atoms with Crippen molar-refractivity contribution in [1.29, 1.82) is 0 Å². The average molecular weight is 409 g/mol. The number of rotatable bonds is 4. The molecule has 0 aromatic heterocycles. The van der Waals surface area contributed by atoms with Gasteiger partial charge in [-0.3, -0.25) is 19.4 Å². The number of amides is 2. The molecule has 1 saturated heterocycles. The highest BCUT2D eigenvalue weighted by Gasteiger charge is 2.33. The lowest BCUT2D eigenvalue weighted by Crippen LogP contribution is -2.53. The SMILES string of the molecule is O=C1c2cccc3cccc(c23)C(=O)N1CCN1CCN(C(=S)NC2CC2)CC1. The van der Waals surface area contributed by atoms with Crippen LogP contribution in [0.2, 0.25) is 0 Å². The molecule has 2 aromatic rings. The van der Waals surface area contributed by atoms with Crippen LogP contribution in [0.1, 0.15) is 33.6 Å². The molecule has 2 fully saturated rings. The molecule has 0 bridgehead atoms. The Morgan fingerprint density at radius 1 is 0.931 bits per heavy atom. The molecular weight excluding hydrogens is 384 g/mol. The zero-order chi connectivity index (χ0) is 20.0. The first kappa shape index (κ1) is 18.5. The van der Waals surface area contributed by atoms with Crippen molar-refractivity contribution in [1.82, 2.24) is 20.0 Å². The predicted octanol–water partition coefficient (Wildman–Crippen LogP) is 2.09. The van der Waals surface area contributed by atoms with Crippen molar-refractivity contribution in [2.75, 3.05) is 39.3 Å². The molecule has 150 valence electrons. The van der Waals surface area contributed by atoms with Gasteiger partial charge in [-0.2, -0.15) is 0 Å². The van der Waals surface area contributed by atoms with Crippen LogP contribution in [0, 0.1) is 0 Å². The van der Waals surface area contributed by atoms with E-state index in [0.717, 1.165) is 42.1 Å². The second-order valence-electron chi connectivity index (χ2n) is 8.02. The van der Waals surface area contributed by atoms with E-state index < -0.39 is 0 Å². The third-order valence-corrected chi connectivity index (χ3v) is 6.44. The number of hydrogen-bond donors (Lipinski definition) is 1. The first-order chi connectivity index (χ1) is 14.1. The maximum Gasteiger partial charge on any atom is 0.261 e. The number of thiocarbonyl (C=S) groups is 1. The largest absolute Gasteiger partial charge is 0.360 e. The fourth-order valence-electron chi connectivity index (χ4n) is 4.19. The standard InChI is InChI=1S/C22H24N4O2S/c27-20-17-5-1-3-15-4-2-6-18(19(15)17)21(28)26(20)14-11-24-9-12-25(13-10-24)22(29)23-16-7-8-16/h1-6,16H,7-14H2,(H,23,29). The summed E-state index contributed by atoms with van der Waals surface area (Å²) in [6, 6.07) is 11.9. The molecular formula is C22H24N4O2S. The summed E-state index contributed by atoms with van der Waals surface area (Å²) in [6.07, 6.45) is 2.43. The Balaban J connectivity index is 1.22. The van der Waals surface area contributed by atoms with E-state index in [4.69, 9.17) is 12.2 Å². The summed E-state index contributed by atoms with van der Waals surface area (Å²) in [5.41, 5.74) is 1.25. The van der Waals surface area contributed by atoms with Crippen LogP contribution in [0.5, 0.6) is 0 Å². The maximum absolute atomic E-state index is 13.0. The Bertz CT molecular complexity index is 945. The summed E-state index contributed by atoms with van der Waals surface area (Å²) >= 11 is 5.49. The Morgan fingerprint density at radius 3 is 2.14 bits per heavy atom. The summed E-state index contributed by atoms with van der Waals surface area (Å²) in [5, 5.41) is 5.98. The molecule has 6 nitrogen and oxygen atoms in total. The van der Waals surface area contributed by atoms with E-state index in [2.05, 4.69) is 15.1 Å². The van der Waals surface area contributed by atoms with Crippen LogP contribution in [0.15, 0.2) is 36.4 Å². The lowest BCUT2D eigenvalue weighted by atomic mass is 9.94. The lowest BCUT2D eigenvalue weighted by molar-refractivity contribution is 0.0583. The minimum absolute atomic E-state index is 0.187. The van der Waals surface area contributed by atoms with E-state index in [1.54, 1.807) is 0 Å². The molecule has 1 saturated carbocycles. The molecule has 0 unspecified atom stereocenters. The van der Waals surface area contributed by atoms with Crippen LogP contribution in [0.3, 0.4) is 0 Å². The second kappa shape index (κ2) is 7.39. The molecule has 1 aliphatic carbocycles. The number of benzene rings is 2. The molecule has 2 amide bonds. The van der Waals surface area contributed by atoms with Crippen molar-refractivity contribution < 1.29 is 9.59 Å². The zero-order valence-electron chi connectivity index (χ0n) is 16.3. The van der Waals surface area contributed by atoms with Gasteiger partial charge in [-0.05, 0) is 42.6 Å². The fraction of sp³-hybridized carbons (Fsp3) is 0.409. The molecule has 5 rings (SSSR count). The van der Waals surface area contributed by atoms with Gasteiger partial charge in [0.25, 0.3) is 11.8 Å². The summed E-state index contributed by atoms with van der Waals surface area (Å²) in [7, 11) is 0. The van der Waals surface area contributed by atoms with Gasteiger partial charge in [0.15, 0.2) is 5.11 Å². The minimum atomic E-state index is -0.187. The molecule has 29 heavy (non-hydrogen) atoms. The van der Waals surface area contributed by atoms with E-state index in [9.17, 15) is 9.59 Å². The number of carbonyl (C=O) groups is 2. The number of piperazine rings is 1. The molecule has 2 aliphatic heterocycles. The van der Waals surface area contributed by atoms with E-state index >= 15 is 0 Å². The molecule has 7 heteroatoms. The lowest BCUT2D eigenvalue weighted by Gasteiger charge is -2.37. The molecule has 0 radical (unpaired) electrons. The number of hydrogen-bond acceptors (Lipinski definition) is 4. The van der Waals surface area contributed by atoms with Crippen molar-refractivity contribution in [2.45, 2.75) is 18.9 Å². The van der Waals surface area contributed by atoms with Crippen molar-refractivity contribution in [3.63, 3.8) is 0 Å². The van der Waals surface area contributed by atoms with Gasteiger partial charge in [-0.15, -0.1) is 0 Å². The van der Waals surface area contributed by atoms with E-state index in [0.29, 0.717) is 30.3 Å². The Morgan fingerprint density at radius 2 is 1.55 bits per heavy atom. The first-order valence-corrected chi connectivity index (χ1v) is 10.7. The van der Waals surface area contributed by atoms with Gasteiger partial charge >= 0.3 is 0 Å². The average Bonchev–Trinajstić information content (AvgIpc) is 3.56. The predicted molar refractivity (Wildman–Crippen MR) is 116 cm³/mol. The quantitative estimate of drug-likeness (QED) is 0.618. The van der Waals surface area contributed by atoms with E-state index in [-0.39, 0.29) is 11.8 Å². The number of carbonyl (C=O) groups excluding carboxylic acids is 2. The smallest absolute Gasteiger partial charge is 0.261 e. The van der Waals surface area contributed by atoms with Crippen molar-refractivity contribution in [2.24, 2.45) is 0 Å². The van der Waals surface area contributed by atoms with Crippen molar-refractivity contribution >= 4 is 39.9 Å². The maximum atomic E-state index is 13.0. The van der Waals surface area contributed by atoms with Crippen LogP contribution >= 0.6 is 12.2 Å². The third kappa shape index (κ3) is 3.49. The topological polar surface area (TPSA) is 55.9 Å². The van der Waals surface area contributed by atoms with Gasteiger partial charge in [-0.1, -0.05) is 24.3 Å². The minimum Gasteiger partial charge on any atom is -0.360 e. The Hall–Kier alpha value is -2.51. The van der Waals surface area contributed by atoms with Gasteiger partial charge in [0.05, 0.1) is 0 Å². The Kier molecular flexibility index (Phi) is 4.72. The summed E-state index contributed by atoms with van der Waals surface area (Å²) in [4.78, 5) is 31.9. The van der Waals surface area contributed by atoms with Gasteiger partial charge < -0.3 is 10.2 Å². The van der Waals surface area contributed by atoms with E-state index in [1.807, 2.05) is 36.4 Å². The molecule has 1 N–H and O–H groups in total. The number of nitrogens with zero attached hydrogens (tertiary/aromatic N) is 3. The van der Waals surface area contributed by atoms with Crippen LogP contribution in [-0.2, 0) is 0 Å². The van der Waals surface area contributed by atoms with Crippen LogP contribution in [0.25, 0.3) is 10.8 Å². The third-order valence-electron chi connectivity index (χ3n) is 6.06. The molecule has 2 aromatic carbocycles. The fourth-order valence-corrected chi connectivity index (χ4v) is 4.54. The highest BCUT2D eigenvalue weighted by Crippen LogP contribution is 2.29. The normalized spacial score (nSPS) is 19.7. The van der Waals surface area contributed by atoms with Crippen molar-refractivity contribution in [3.05, 3.63) is 47.5 Å². The highest BCUT2D eigenvalue weighted by atomic mass is 32.1. The number of imide groups is 1. The van der Waals surface area contributed by atoms with Gasteiger partial charge in [0.2, 0.25) is 0 Å². The summed E-state index contributed by atoms with van der Waals surface area (Å²) < 4.78 is 0. The van der Waals surface area contributed by atoms with Crippen molar-refractivity contribution in [3.8, 4) is 0 Å². The van der Waals surface area contributed by atoms with Gasteiger partial charge in [0.1, 0.15) is 0 Å². The zero-order valence-corrected chi connectivity index (χ0v) is 17.1. The van der Waals surface area contributed by atoms with Crippen LogP contribution in [-0.4, -0.2) is 76.9 Å². The second-order valence-corrected chi connectivity index (χ2v) is 8.41. The van der Waals surface area contributed by atoms with Gasteiger partial charge in [-0.25, -0.2) is 0 Å². The first-order valence-electron chi connectivity index (χ1n) is 10.3. The van der Waals surface area contributed by atoms with Gasteiger partial charge in [0, 0.05) is 61.8 Å². The highest BCUT2D eigenvalue weighted by molar-refractivity contribution is 7.80. The summed E-state index contributed by atoms with van der Waals surface area (Å²) in [6.45, 7) is 4.62. The van der Waals surface area contributed by atoms with E-state index in [1.165, 1.54) is 17.7 Å². The summed E-state index contributed by atoms with van der Waals surface area (Å²) in [5.74, 6) is -0.375. The molecule has 0 spiro atoms. The molecule has 3 aliphatic rings. The monoisotopic (exact) mass is 408 g/mol. The Labute approximate surface area is 175 Å². The van der Waals surface area contributed by atoms with Crippen LogP contribution in [0.4, 0.5) is 0 Å². The number of nitrogens with one attached hydrogen (secondary N) is 1. The van der Waals surface area contributed by atoms with Crippen LogP contribution < -0.4 is 5.32 Å².